The molecule has 0 saturated heterocycles. The highest BCUT2D eigenvalue weighted by Gasteiger charge is 2.19. The molecule has 0 fully saturated rings. The second-order valence-electron chi connectivity index (χ2n) is 7.29. The standard InChI is InChI=1S/C24H17ClN4O3/c1-29-20(12-15-8-5-9-17(21(15)29)14-6-3-2-4-7-14)23(30)26-19-11-10-16(25)13-18(19)22-27-24(31)32-28-22/h2-13H,1H3,(H,26,30)(H,27,28,31). The lowest BCUT2D eigenvalue weighted by molar-refractivity contribution is 0.102. The van der Waals surface area contributed by atoms with E-state index in [0.717, 1.165) is 22.0 Å². The van der Waals surface area contributed by atoms with Gasteiger partial charge in [0.15, 0.2) is 5.82 Å². The zero-order valence-electron chi connectivity index (χ0n) is 16.9. The van der Waals surface area contributed by atoms with Crippen molar-refractivity contribution in [2.45, 2.75) is 0 Å². The first-order valence-electron chi connectivity index (χ1n) is 9.82. The van der Waals surface area contributed by atoms with E-state index in [0.29, 0.717) is 22.0 Å². The number of halogens is 1. The number of carbonyl (C=O) groups is 1. The predicted octanol–water partition coefficient (Wildman–Crippen LogP) is 5.09. The number of hydrogen-bond donors (Lipinski definition) is 2. The summed E-state index contributed by atoms with van der Waals surface area (Å²) < 4.78 is 6.47. The Kier molecular flexibility index (Phi) is 4.88. The van der Waals surface area contributed by atoms with Crippen molar-refractivity contribution in [3.8, 4) is 22.5 Å². The van der Waals surface area contributed by atoms with Crippen LogP contribution in [0.25, 0.3) is 33.4 Å². The van der Waals surface area contributed by atoms with E-state index in [1.165, 1.54) is 0 Å². The number of nitrogens with one attached hydrogen (secondary N) is 2. The third kappa shape index (κ3) is 3.48. The molecule has 32 heavy (non-hydrogen) atoms. The van der Waals surface area contributed by atoms with Crippen LogP contribution < -0.4 is 11.1 Å². The molecule has 8 heteroatoms. The molecule has 0 aliphatic rings. The van der Waals surface area contributed by atoms with Crippen LogP contribution in [0.3, 0.4) is 0 Å². The highest BCUT2D eigenvalue weighted by Crippen LogP contribution is 2.32. The lowest BCUT2D eigenvalue weighted by atomic mass is 10.0. The number of H-pyrrole nitrogens is 1. The number of fused-ring (bicyclic) bond motifs is 1. The SMILES string of the molecule is Cn1c(C(=O)Nc2ccc(Cl)cc2-c2noc(=O)[nH]2)cc2cccc(-c3ccccc3)c21. The Labute approximate surface area is 187 Å². The summed E-state index contributed by atoms with van der Waals surface area (Å²) in [6, 6.07) is 22.8. The van der Waals surface area contributed by atoms with Gasteiger partial charge >= 0.3 is 5.76 Å². The zero-order valence-corrected chi connectivity index (χ0v) is 17.7. The summed E-state index contributed by atoms with van der Waals surface area (Å²) in [5.41, 5.74) is 4.44. The number of nitrogens with zero attached hydrogens (tertiary/aromatic N) is 2. The van der Waals surface area contributed by atoms with E-state index >= 15 is 0 Å². The average Bonchev–Trinajstić information content (AvgIpc) is 3.39. The van der Waals surface area contributed by atoms with Gasteiger partial charge in [0, 0.05) is 28.6 Å². The van der Waals surface area contributed by atoms with Gasteiger partial charge in [-0.05, 0) is 29.8 Å². The van der Waals surface area contributed by atoms with Crippen molar-refractivity contribution in [1.29, 1.82) is 0 Å². The van der Waals surface area contributed by atoms with Crippen molar-refractivity contribution in [3.63, 3.8) is 0 Å². The van der Waals surface area contributed by atoms with Gasteiger partial charge in [-0.1, -0.05) is 65.3 Å². The van der Waals surface area contributed by atoms with E-state index < -0.39 is 5.76 Å². The van der Waals surface area contributed by atoms with Crippen molar-refractivity contribution >= 4 is 34.1 Å². The number of aromatic amines is 1. The van der Waals surface area contributed by atoms with Crippen LogP contribution in [0, 0.1) is 0 Å². The van der Waals surface area contributed by atoms with E-state index in [4.69, 9.17) is 11.6 Å². The number of aromatic nitrogens is 3. The molecule has 0 spiro atoms. The topological polar surface area (TPSA) is 92.9 Å². The van der Waals surface area contributed by atoms with Crippen LogP contribution in [0.5, 0.6) is 0 Å². The van der Waals surface area contributed by atoms with Gasteiger partial charge in [-0.25, -0.2) is 4.79 Å². The summed E-state index contributed by atoms with van der Waals surface area (Å²) in [5.74, 6) is -0.826. The average molecular weight is 445 g/mol. The largest absolute Gasteiger partial charge is 0.439 e. The Balaban J connectivity index is 1.56. The van der Waals surface area contributed by atoms with Crippen LogP contribution >= 0.6 is 11.6 Å². The smallest absolute Gasteiger partial charge is 0.339 e. The minimum absolute atomic E-state index is 0.177. The van der Waals surface area contributed by atoms with Gasteiger partial charge in [-0.15, -0.1) is 0 Å². The molecule has 0 aliphatic carbocycles. The fourth-order valence-corrected chi connectivity index (χ4v) is 4.01. The highest BCUT2D eigenvalue weighted by molar-refractivity contribution is 6.31. The number of aryl methyl sites for hydroxylation is 1. The van der Waals surface area contributed by atoms with E-state index in [1.54, 1.807) is 18.2 Å². The molecule has 0 unspecified atom stereocenters. The van der Waals surface area contributed by atoms with Crippen LogP contribution in [0.1, 0.15) is 10.5 Å². The first-order valence-corrected chi connectivity index (χ1v) is 10.2. The Morgan fingerprint density at radius 1 is 1.03 bits per heavy atom. The van der Waals surface area contributed by atoms with Crippen LogP contribution in [-0.4, -0.2) is 20.6 Å². The predicted molar refractivity (Wildman–Crippen MR) is 124 cm³/mol. The van der Waals surface area contributed by atoms with E-state index in [1.807, 2.05) is 66.2 Å². The van der Waals surface area contributed by atoms with Crippen molar-refractivity contribution in [2.24, 2.45) is 7.05 Å². The third-order valence-electron chi connectivity index (χ3n) is 5.30. The molecule has 0 radical (unpaired) electrons. The van der Waals surface area contributed by atoms with Gasteiger partial charge in [0.25, 0.3) is 5.91 Å². The minimum Gasteiger partial charge on any atom is -0.339 e. The maximum atomic E-state index is 13.2. The third-order valence-corrected chi connectivity index (χ3v) is 5.53. The molecule has 2 N–H and O–H groups in total. The van der Waals surface area contributed by atoms with E-state index in [-0.39, 0.29) is 11.7 Å². The number of carbonyl (C=O) groups excluding carboxylic acids is 1. The Bertz CT molecular complexity index is 1520. The van der Waals surface area contributed by atoms with Crippen LogP contribution in [0.4, 0.5) is 5.69 Å². The summed E-state index contributed by atoms with van der Waals surface area (Å²) >= 11 is 6.11. The van der Waals surface area contributed by atoms with Gasteiger partial charge in [0.2, 0.25) is 0 Å². The fraction of sp³-hybridized carbons (Fsp3) is 0.0417. The molecule has 1 amide bonds. The normalized spacial score (nSPS) is 11.1. The second-order valence-corrected chi connectivity index (χ2v) is 7.72. The number of hydrogen-bond acceptors (Lipinski definition) is 4. The second kappa shape index (κ2) is 7.86. The molecule has 0 atom stereocenters. The molecule has 0 saturated carbocycles. The highest BCUT2D eigenvalue weighted by atomic mass is 35.5. The van der Waals surface area contributed by atoms with Gasteiger partial charge in [0.1, 0.15) is 5.69 Å². The lowest BCUT2D eigenvalue weighted by Crippen LogP contribution is -2.16. The van der Waals surface area contributed by atoms with Crippen molar-refractivity contribution in [2.75, 3.05) is 5.32 Å². The fourth-order valence-electron chi connectivity index (χ4n) is 3.84. The molecule has 158 valence electrons. The van der Waals surface area contributed by atoms with E-state index in [2.05, 4.69) is 20.0 Å². The Hall–Kier alpha value is -4.10. The lowest BCUT2D eigenvalue weighted by Gasteiger charge is -2.11. The van der Waals surface area contributed by atoms with Gasteiger partial charge in [-0.2, -0.15) is 0 Å². The van der Waals surface area contributed by atoms with Crippen molar-refractivity contribution < 1.29 is 9.32 Å². The van der Waals surface area contributed by atoms with Crippen LogP contribution in [0.15, 0.2) is 82.1 Å². The van der Waals surface area contributed by atoms with Crippen molar-refractivity contribution in [1.82, 2.24) is 14.7 Å². The quantitative estimate of drug-likeness (QED) is 0.403. The molecular formula is C24H17ClN4O3. The maximum absolute atomic E-state index is 13.2. The number of para-hydroxylation sites is 1. The molecule has 5 aromatic rings. The molecular weight excluding hydrogens is 428 g/mol. The molecule has 3 aromatic carbocycles. The molecule has 2 aromatic heterocycles. The number of rotatable bonds is 4. The number of amides is 1. The summed E-state index contributed by atoms with van der Waals surface area (Å²) in [4.78, 5) is 27.1. The molecule has 0 bridgehead atoms. The Morgan fingerprint density at radius 2 is 1.84 bits per heavy atom. The van der Waals surface area contributed by atoms with Gasteiger partial charge < -0.3 is 9.88 Å². The molecule has 5 rings (SSSR count). The molecule has 0 aliphatic heterocycles. The number of benzene rings is 3. The van der Waals surface area contributed by atoms with Gasteiger partial charge in [-0.3, -0.25) is 14.3 Å². The first-order chi connectivity index (χ1) is 15.5. The monoisotopic (exact) mass is 444 g/mol. The summed E-state index contributed by atoms with van der Waals surface area (Å²) in [7, 11) is 1.86. The summed E-state index contributed by atoms with van der Waals surface area (Å²) in [5, 5.41) is 7.99. The summed E-state index contributed by atoms with van der Waals surface area (Å²) in [6.45, 7) is 0. The maximum Gasteiger partial charge on any atom is 0.439 e. The van der Waals surface area contributed by atoms with Crippen molar-refractivity contribution in [3.05, 3.63) is 94.1 Å². The molecule has 2 heterocycles. The number of anilines is 1. The molecule has 7 nitrogen and oxygen atoms in total. The van der Waals surface area contributed by atoms with Crippen LogP contribution in [-0.2, 0) is 7.05 Å². The first kappa shape index (κ1) is 19.8. The minimum atomic E-state index is -0.695. The van der Waals surface area contributed by atoms with Crippen LogP contribution in [0.2, 0.25) is 5.02 Å². The Morgan fingerprint density at radius 3 is 2.59 bits per heavy atom. The summed E-state index contributed by atoms with van der Waals surface area (Å²) in [6.07, 6.45) is 0. The van der Waals surface area contributed by atoms with E-state index in [9.17, 15) is 9.59 Å². The van der Waals surface area contributed by atoms with Gasteiger partial charge in [0.05, 0.1) is 11.2 Å². The zero-order chi connectivity index (χ0) is 22.2.